The normalized spacial score (nSPS) is 10.7. The number of rotatable bonds is 6. The highest BCUT2D eigenvalue weighted by Crippen LogP contribution is 1.92. The standard InChI is InChI=1S/C12H20N4O.HI/c1-2-13-12(16-9-10-17)15-8-6-11-5-3-4-7-14-11;/h3-5,7,17H,2,6,8-10H2,1H3,(H2,13,15,16);1H. The Labute approximate surface area is 125 Å². The van der Waals surface area contributed by atoms with E-state index in [0.29, 0.717) is 6.54 Å². The first kappa shape index (κ1) is 17.1. The molecule has 6 heteroatoms. The van der Waals surface area contributed by atoms with Crippen LogP contribution in [0.1, 0.15) is 12.6 Å². The predicted molar refractivity (Wildman–Crippen MR) is 84.4 cm³/mol. The Morgan fingerprint density at radius 2 is 2.22 bits per heavy atom. The van der Waals surface area contributed by atoms with Gasteiger partial charge in [-0.05, 0) is 19.1 Å². The number of aromatic nitrogens is 1. The lowest BCUT2D eigenvalue weighted by Crippen LogP contribution is -2.38. The SMILES string of the molecule is CCNC(=NCCO)NCCc1ccccn1.I. The Morgan fingerprint density at radius 1 is 1.39 bits per heavy atom. The van der Waals surface area contributed by atoms with Gasteiger partial charge in [0.15, 0.2) is 5.96 Å². The minimum Gasteiger partial charge on any atom is -0.394 e. The van der Waals surface area contributed by atoms with E-state index in [1.165, 1.54) is 0 Å². The summed E-state index contributed by atoms with van der Waals surface area (Å²) < 4.78 is 0. The highest BCUT2D eigenvalue weighted by atomic mass is 127. The molecule has 0 aliphatic rings. The molecule has 0 fully saturated rings. The number of halogens is 1. The summed E-state index contributed by atoms with van der Waals surface area (Å²) >= 11 is 0. The number of nitrogens with zero attached hydrogens (tertiary/aromatic N) is 2. The lowest BCUT2D eigenvalue weighted by molar-refractivity contribution is 0.306. The second kappa shape index (κ2) is 11.2. The van der Waals surface area contributed by atoms with Crippen molar-refractivity contribution in [3.63, 3.8) is 0 Å². The first-order valence-corrected chi connectivity index (χ1v) is 5.89. The van der Waals surface area contributed by atoms with Crippen molar-refractivity contribution in [2.75, 3.05) is 26.2 Å². The van der Waals surface area contributed by atoms with Crippen molar-refractivity contribution < 1.29 is 5.11 Å². The second-order valence-electron chi connectivity index (χ2n) is 3.48. The summed E-state index contributed by atoms with van der Waals surface area (Å²) in [6, 6.07) is 5.89. The first-order chi connectivity index (χ1) is 8.36. The summed E-state index contributed by atoms with van der Waals surface area (Å²) in [6.07, 6.45) is 2.64. The summed E-state index contributed by atoms with van der Waals surface area (Å²) in [4.78, 5) is 8.43. The number of aliphatic hydroxyl groups excluding tert-OH is 1. The summed E-state index contributed by atoms with van der Waals surface area (Å²) in [5.74, 6) is 0.734. The van der Waals surface area contributed by atoms with E-state index in [4.69, 9.17) is 5.11 Å². The van der Waals surface area contributed by atoms with E-state index in [2.05, 4.69) is 20.6 Å². The van der Waals surface area contributed by atoms with Crippen LogP contribution in [-0.2, 0) is 6.42 Å². The third-order valence-electron chi connectivity index (χ3n) is 2.11. The minimum absolute atomic E-state index is 0. The highest BCUT2D eigenvalue weighted by molar-refractivity contribution is 14.0. The molecular formula is C12H21IN4O. The summed E-state index contributed by atoms with van der Waals surface area (Å²) in [5.41, 5.74) is 1.05. The Hall–Kier alpha value is -0.890. The number of aliphatic hydroxyl groups is 1. The maximum absolute atomic E-state index is 8.71. The molecule has 0 atom stereocenters. The van der Waals surface area contributed by atoms with Crippen LogP contribution in [0.5, 0.6) is 0 Å². The molecule has 18 heavy (non-hydrogen) atoms. The van der Waals surface area contributed by atoms with Crippen LogP contribution in [0.2, 0.25) is 0 Å². The van der Waals surface area contributed by atoms with Crippen LogP contribution < -0.4 is 10.6 Å². The first-order valence-electron chi connectivity index (χ1n) is 5.89. The average Bonchev–Trinajstić information content (AvgIpc) is 2.37. The van der Waals surface area contributed by atoms with Crippen molar-refractivity contribution in [1.29, 1.82) is 0 Å². The van der Waals surface area contributed by atoms with Crippen molar-refractivity contribution in [2.24, 2.45) is 4.99 Å². The zero-order chi connectivity index (χ0) is 12.3. The molecule has 0 radical (unpaired) electrons. The van der Waals surface area contributed by atoms with Gasteiger partial charge in [0.25, 0.3) is 0 Å². The lowest BCUT2D eigenvalue weighted by atomic mass is 10.3. The molecule has 1 aromatic rings. The van der Waals surface area contributed by atoms with E-state index < -0.39 is 0 Å². The molecule has 102 valence electrons. The maximum atomic E-state index is 8.71. The second-order valence-corrected chi connectivity index (χ2v) is 3.48. The van der Waals surface area contributed by atoms with Crippen LogP contribution in [0, 0.1) is 0 Å². The molecule has 0 bridgehead atoms. The Bertz CT molecular complexity index is 332. The number of aliphatic imine (C=N–C) groups is 1. The van der Waals surface area contributed by atoms with E-state index in [1.54, 1.807) is 6.20 Å². The van der Waals surface area contributed by atoms with E-state index in [-0.39, 0.29) is 30.6 Å². The number of pyridine rings is 1. The number of nitrogens with one attached hydrogen (secondary N) is 2. The van der Waals surface area contributed by atoms with Gasteiger partial charge in [-0.15, -0.1) is 24.0 Å². The summed E-state index contributed by atoms with van der Waals surface area (Å²) in [5, 5.41) is 15.0. The van der Waals surface area contributed by atoms with Crippen molar-refractivity contribution in [1.82, 2.24) is 15.6 Å². The van der Waals surface area contributed by atoms with E-state index in [0.717, 1.165) is 31.2 Å². The molecule has 0 unspecified atom stereocenters. The van der Waals surface area contributed by atoms with Gasteiger partial charge in [0.2, 0.25) is 0 Å². The fourth-order valence-corrected chi connectivity index (χ4v) is 1.36. The van der Waals surface area contributed by atoms with E-state index >= 15 is 0 Å². The van der Waals surface area contributed by atoms with Gasteiger partial charge >= 0.3 is 0 Å². The smallest absolute Gasteiger partial charge is 0.191 e. The number of guanidine groups is 1. The van der Waals surface area contributed by atoms with Gasteiger partial charge in [0.1, 0.15) is 0 Å². The molecule has 1 rings (SSSR count). The average molecular weight is 364 g/mol. The molecule has 5 nitrogen and oxygen atoms in total. The molecule has 0 spiro atoms. The molecule has 0 amide bonds. The molecule has 0 saturated heterocycles. The molecule has 0 aromatic carbocycles. The molecule has 1 heterocycles. The maximum Gasteiger partial charge on any atom is 0.191 e. The minimum atomic E-state index is 0. The Balaban J connectivity index is 0.00000289. The Morgan fingerprint density at radius 3 is 2.83 bits per heavy atom. The van der Waals surface area contributed by atoms with Crippen LogP contribution in [0.4, 0.5) is 0 Å². The zero-order valence-electron chi connectivity index (χ0n) is 10.6. The van der Waals surface area contributed by atoms with E-state index in [9.17, 15) is 0 Å². The van der Waals surface area contributed by atoms with Gasteiger partial charge in [-0.1, -0.05) is 6.07 Å². The molecule has 1 aromatic heterocycles. The van der Waals surface area contributed by atoms with Gasteiger partial charge in [-0.3, -0.25) is 9.98 Å². The molecular weight excluding hydrogens is 343 g/mol. The lowest BCUT2D eigenvalue weighted by Gasteiger charge is -2.10. The largest absolute Gasteiger partial charge is 0.394 e. The van der Waals surface area contributed by atoms with Gasteiger partial charge in [0.05, 0.1) is 13.2 Å². The van der Waals surface area contributed by atoms with Crippen LogP contribution in [0.25, 0.3) is 0 Å². The molecule has 3 N–H and O–H groups in total. The van der Waals surface area contributed by atoms with Crippen molar-refractivity contribution in [3.8, 4) is 0 Å². The topological polar surface area (TPSA) is 69.5 Å². The van der Waals surface area contributed by atoms with Crippen molar-refractivity contribution in [2.45, 2.75) is 13.3 Å². The van der Waals surface area contributed by atoms with Crippen LogP contribution in [-0.4, -0.2) is 42.3 Å². The summed E-state index contributed by atoms with van der Waals surface area (Å²) in [7, 11) is 0. The van der Waals surface area contributed by atoms with Crippen LogP contribution in [0.15, 0.2) is 29.4 Å². The monoisotopic (exact) mass is 364 g/mol. The number of hydrogen-bond acceptors (Lipinski definition) is 3. The fraction of sp³-hybridized carbons (Fsp3) is 0.500. The van der Waals surface area contributed by atoms with E-state index in [1.807, 2.05) is 25.1 Å². The highest BCUT2D eigenvalue weighted by Gasteiger charge is 1.97. The molecule has 0 aliphatic carbocycles. The van der Waals surface area contributed by atoms with Crippen molar-refractivity contribution in [3.05, 3.63) is 30.1 Å². The third-order valence-corrected chi connectivity index (χ3v) is 2.11. The number of hydrogen-bond donors (Lipinski definition) is 3. The van der Waals surface area contributed by atoms with Gasteiger partial charge in [-0.25, -0.2) is 0 Å². The zero-order valence-corrected chi connectivity index (χ0v) is 12.9. The third kappa shape index (κ3) is 7.44. The Kier molecular flexibility index (Phi) is 10.7. The predicted octanol–water partition coefficient (Wildman–Crippen LogP) is 0.789. The molecule has 0 saturated carbocycles. The van der Waals surface area contributed by atoms with Crippen LogP contribution in [0.3, 0.4) is 0 Å². The quantitative estimate of drug-likeness (QED) is 0.397. The van der Waals surface area contributed by atoms with Gasteiger partial charge in [0, 0.05) is 31.4 Å². The molecule has 0 aliphatic heterocycles. The van der Waals surface area contributed by atoms with Gasteiger partial charge in [-0.2, -0.15) is 0 Å². The summed E-state index contributed by atoms with van der Waals surface area (Å²) in [6.45, 7) is 4.07. The van der Waals surface area contributed by atoms with Gasteiger partial charge < -0.3 is 15.7 Å². The fourth-order valence-electron chi connectivity index (χ4n) is 1.36. The van der Waals surface area contributed by atoms with Crippen LogP contribution >= 0.6 is 24.0 Å². The van der Waals surface area contributed by atoms with Crippen molar-refractivity contribution >= 4 is 29.9 Å².